The summed E-state index contributed by atoms with van der Waals surface area (Å²) >= 11 is 0. The minimum absolute atomic E-state index is 0.00880. The normalized spacial score (nSPS) is 12.1. The molecule has 0 rings (SSSR count). The standard InChI is InChI=1S/C6H10O4S/c1-5(4-11(9)10)2-3-6(7)8/h4-5H,2-3H2,1H3,(H,7,8). The summed E-state index contributed by atoms with van der Waals surface area (Å²) < 4.78 is 20.1. The Morgan fingerprint density at radius 1 is 1.64 bits per heavy atom. The van der Waals surface area contributed by atoms with Crippen molar-refractivity contribution < 1.29 is 18.3 Å². The van der Waals surface area contributed by atoms with Gasteiger partial charge in [-0.1, -0.05) is 6.92 Å². The van der Waals surface area contributed by atoms with Gasteiger partial charge in [-0.15, -0.1) is 0 Å². The maximum absolute atomic E-state index is 10.1. The van der Waals surface area contributed by atoms with Crippen LogP contribution in [0.25, 0.3) is 0 Å². The van der Waals surface area contributed by atoms with E-state index in [-0.39, 0.29) is 12.3 Å². The van der Waals surface area contributed by atoms with Gasteiger partial charge in [0.1, 0.15) is 0 Å². The third kappa shape index (κ3) is 7.05. The molecule has 0 radical (unpaired) electrons. The molecule has 0 spiro atoms. The molecule has 0 heterocycles. The zero-order valence-corrected chi connectivity index (χ0v) is 6.97. The van der Waals surface area contributed by atoms with Crippen molar-refractivity contribution >= 4 is 21.6 Å². The lowest BCUT2D eigenvalue weighted by atomic mass is 10.1. The number of carboxylic acid groups (broad SMARTS) is 1. The van der Waals surface area contributed by atoms with Gasteiger partial charge in [0.25, 0.3) is 0 Å². The van der Waals surface area contributed by atoms with Gasteiger partial charge in [-0.25, -0.2) is 0 Å². The molecule has 5 heteroatoms. The fourth-order valence-corrected chi connectivity index (χ4v) is 1.12. The Bertz CT molecular complexity index is 244. The summed E-state index contributed by atoms with van der Waals surface area (Å²) in [6.07, 6.45) is 0.373. The van der Waals surface area contributed by atoms with Crippen molar-refractivity contribution in [3.05, 3.63) is 0 Å². The molecule has 4 nitrogen and oxygen atoms in total. The van der Waals surface area contributed by atoms with E-state index in [1.165, 1.54) is 0 Å². The quantitative estimate of drug-likeness (QED) is 0.623. The molecule has 0 aromatic heterocycles. The smallest absolute Gasteiger partial charge is 0.303 e. The molecular weight excluding hydrogens is 168 g/mol. The van der Waals surface area contributed by atoms with Crippen LogP contribution in [0, 0.1) is 5.92 Å². The number of hydrogen-bond donors (Lipinski definition) is 1. The molecule has 11 heavy (non-hydrogen) atoms. The summed E-state index contributed by atoms with van der Waals surface area (Å²) in [5.41, 5.74) is 0. The Morgan fingerprint density at radius 3 is 2.55 bits per heavy atom. The van der Waals surface area contributed by atoms with Crippen LogP contribution >= 0.6 is 0 Å². The first-order chi connectivity index (χ1) is 5.02. The Hall–Kier alpha value is -0.840. The van der Waals surface area contributed by atoms with Crippen LogP contribution in [0.4, 0.5) is 0 Å². The topological polar surface area (TPSA) is 71.4 Å². The lowest BCUT2D eigenvalue weighted by molar-refractivity contribution is -0.137. The molecule has 0 aromatic rings. The average molecular weight is 178 g/mol. The highest BCUT2D eigenvalue weighted by Crippen LogP contribution is 2.01. The van der Waals surface area contributed by atoms with Gasteiger partial charge in [-0.05, 0) is 12.3 Å². The molecule has 0 saturated carbocycles. The van der Waals surface area contributed by atoms with Crippen molar-refractivity contribution in [2.24, 2.45) is 5.92 Å². The first kappa shape index (κ1) is 10.2. The fraction of sp³-hybridized carbons (Fsp3) is 0.667. The van der Waals surface area contributed by atoms with Crippen LogP contribution in [0.5, 0.6) is 0 Å². The van der Waals surface area contributed by atoms with Gasteiger partial charge in [0, 0.05) is 11.8 Å². The van der Waals surface area contributed by atoms with E-state index in [9.17, 15) is 13.2 Å². The maximum Gasteiger partial charge on any atom is 0.303 e. The predicted octanol–water partition coefficient (Wildman–Crippen LogP) is 0.169. The zero-order valence-electron chi connectivity index (χ0n) is 6.15. The highest BCUT2D eigenvalue weighted by molar-refractivity contribution is 7.71. The first-order valence-corrected chi connectivity index (χ1v) is 4.31. The third-order valence-electron chi connectivity index (χ3n) is 1.16. The lowest BCUT2D eigenvalue weighted by Gasteiger charge is -1.98. The number of rotatable bonds is 4. The molecular formula is C6H10O4S. The van der Waals surface area contributed by atoms with Crippen molar-refractivity contribution in [3.63, 3.8) is 0 Å². The van der Waals surface area contributed by atoms with E-state index in [2.05, 4.69) is 0 Å². The molecule has 0 fully saturated rings. The summed E-state index contributed by atoms with van der Waals surface area (Å²) in [6, 6.07) is 0. The molecule has 0 amide bonds. The van der Waals surface area contributed by atoms with Gasteiger partial charge < -0.3 is 5.11 Å². The number of hydrogen-bond acceptors (Lipinski definition) is 3. The lowest BCUT2D eigenvalue weighted by Crippen LogP contribution is -2.02. The van der Waals surface area contributed by atoms with Crippen LogP contribution in [0.3, 0.4) is 0 Å². The Balaban J connectivity index is 3.80. The van der Waals surface area contributed by atoms with E-state index in [0.29, 0.717) is 6.42 Å². The van der Waals surface area contributed by atoms with Crippen molar-refractivity contribution in [2.45, 2.75) is 19.8 Å². The van der Waals surface area contributed by atoms with Crippen molar-refractivity contribution in [1.82, 2.24) is 0 Å². The second-order valence-corrected chi connectivity index (χ2v) is 3.10. The van der Waals surface area contributed by atoms with E-state index in [0.717, 1.165) is 5.37 Å². The largest absolute Gasteiger partial charge is 0.481 e. The minimum Gasteiger partial charge on any atom is -0.481 e. The molecule has 0 aliphatic heterocycles. The average Bonchev–Trinajstić information content (AvgIpc) is 1.82. The third-order valence-corrected chi connectivity index (χ3v) is 1.84. The molecule has 0 aliphatic carbocycles. The van der Waals surface area contributed by atoms with Crippen molar-refractivity contribution in [1.29, 1.82) is 0 Å². The molecule has 0 aromatic carbocycles. The fourth-order valence-electron chi connectivity index (χ4n) is 0.609. The van der Waals surface area contributed by atoms with Crippen LogP contribution in [0.2, 0.25) is 0 Å². The SMILES string of the molecule is CC(C=S(=O)=O)CCC(=O)O. The highest BCUT2D eigenvalue weighted by Gasteiger charge is 2.02. The van der Waals surface area contributed by atoms with Crippen LogP contribution < -0.4 is 0 Å². The van der Waals surface area contributed by atoms with Gasteiger partial charge in [-0.3, -0.25) is 4.79 Å². The predicted molar refractivity (Wildman–Crippen MR) is 41.0 cm³/mol. The Morgan fingerprint density at radius 2 is 2.18 bits per heavy atom. The van der Waals surface area contributed by atoms with E-state index >= 15 is 0 Å². The molecule has 1 unspecified atom stereocenters. The Labute approximate surface area is 66.4 Å². The van der Waals surface area contributed by atoms with Gasteiger partial charge >= 0.3 is 5.97 Å². The van der Waals surface area contributed by atoms with Crippen LogP contribution in [-0.2, 0) is 15.1 Å². The minimum atomic E-state index is -2.18. The van der Waals surface area contributed by atoms with Gasteiger partial charge in [-0.2, -0.15) is 8.42 Å². The first-order valence-electron chi connectivity index (χ1n) is 3.17. The van der Waals surface area contributed by atoms with Crippen LogP contribution in [-0.4, -0.2) is 24.9 Å². The monoisotopic (exact) mass is 178 g/mol. The summed E-state index contributed by atoms with van der Waals surface area (Å²) in [5.74, 6) is -1.09. The van der Waals surface area contributed by atoms with E-state index in [1.807, 2.05) is 0 Å². The second kappa shape index (κ2) is 4.90. The van der Waals surface area contributed by atoms with Gasteiger partial charge in [0.15, 0.2) is 0 Å². The maximum atomic E-state index is 10.1. The molecule has 0 bridgehead atoms. The van der Waals surface area contributed by atoms with Gasteiger partial charge in [0.05, 0.1) is 0 Å². The summed E-state index contributed by atoms with van der Waals surface area (Å²) in [5, 5.41) is 9.33. The van der Waals surface area contributed by atoms with E-state index < -0.39 is 16.3 Å². The van der Waals surface area contributed by atoms with Gasteiger partial charge in [0.2, 0.25) is 10.3 Å². The summed E-state index contributed by atoms with van der Waals surface area (Å²) in [4.78, 5) is 10.0. The summed E-state index contributed by atoms with van der Waals surface area (Å²) in [6.45, 7) is 1.67. The van der Waals surface area contributed by atoms with Crippen LogP contribution in [0.1, 0.15) is 19.8 Å². The highest BCUT2D eigenvalue weighted by atomic mass is 32.2. The molecule has 0 saturated heterocycles. The second-order valence-electron chi connectivity index (χ2n) is 2.31. The molecule has 64 valence electrons. The Kier molecular flexibility index (Phi) is 4.52. The molecule has 0 aliphatic rings. The van der Waals surface area contributed by atoms with Crippen LogP contribution in [0.15, 0.2) is 0 Å². The van der Waals surface area contributed by atoms with Crippen molar-refractivity contribution in [3.8, 4) is 0 Å². The molecule has 1 N–H and O–H groups in total. The van der Waals surface area contributed by atoms with Crippen molar-refractivity contribution in [2.75, 3.05) is 0 Å². The number of aliphatic carboxylic acids is 1. The number of carboxylic acids is 1. The van der Waals surface area contributed by atoms with E-state index in [4.69, 9.17) is 5.11 Å². The summed E-state index contributed by atoms with van der Waals surface area (Å²) in [7, 11) is -2.18. The van der Waals surface area contributed by atoms with E-state index in [1.54, 1.807) is 6.92 Å². The zero-order chi connectivity index (χ0) is 8.85. The number of carbonyl (C=O) groups is 1. The molecule has 1 atom stereocenters.